The third-order valence-corrected chi connectivity index (χ3v) is 6.18. The van der Waals surface area contributed by atoms with Crippen LogP contribution in [0.1, 0.15) is 35.1 Å². The quantitative estimate of drug-likeness (QED) is 0.530. The van der Waals surface area contributed by atoms with Gasteiger partial charge in [-0.25, -0.2) is 4.39 Å². The number of piperidine rings is 1. The number of aryl methyl sites for hydroxylation is 1. The molecule has 1 aromatic heterocycles. The largest absolute Gasteiger partial charge is 0.334 e. The number of pyridine rings is 1. The van der Waals surface area contributed by atoms with Crippen LogP contribution in [0.3, 0.4) is 0 Å². The summed E-state index contributed by atoms with van der Waals surface area (Å²) in [5.41, 5.74) is 4.33. The van der Waals surface area contributed by atoms with Crippen LogP contribution in [0.2, 0.25) is 0 Å². The Kier molecular flexibility index (Phi) is 7.28. The molecule has 0 aliphatic carbocycles. The molecule has 1 aliphatic rings. The van der Waals surface area contributed by atoms with E-state index in [9.17, 15) is 9.18 Å². The number of likely N-dealkylation sites (tertiary alicyclic amines) is 1. The van der Waals surface area contributed by atoms with Crippen LogP contribution in [0.4, 0.5) is 4.39 Å². The predicted molar refractivity (Wildman–Crippen MR) is 124 cm³/mol. The van der Waals surface area contributed by atoms with Crippen molar-refractivity contribution in [1.82, 2.24) is 14.8 Å². The van der Waals surface area contributed by atoms with Crippen molar-refractivity contribution in [3.05, 3.63) is 101 Å². The smallest absolute Gasteiger partial charge is 0.227 e. The van der Waals surface area contributed by atoms with Gasteiger partial charge in [0.2, 0.25) is 5.91 Å². The van der Waals surface area contributed by atoms with Gasteiger partial charge in [-0.1, -0.05) is 42.5 Å². The Morgan fingerprint density at radius 3 is 2.72 bits per heavy atom. The molecule has 4 rings (SSSR count). The maximum absolute atomic E-state index is 13.7. The molecule has 4 nitrogen and oxygen atoms in total. The molecule has 1 atom stereocenters. The number of rotatable bonds is 7. The van der Waals surface area contributed by atoms with Crippen LogP contribution in [0.5, 0.6) is 0 Å². The third kappa shape index (κ3) is 5.80. The summed E-state index contributed by atoms with van der Waals surface area (Å²) in [6.45, 7) is 5.51. The van der Waals surface area contributed by atoms with Crippen LogP contribution in [-0.2, 0) is 24.4 Å². The summed E-state index contributed by atoms with van der Waals surface area (Å²) in [4.78, 5) is 22.2. The minimum atomic E-state index is -0.215. The Morgan fingerprint density at radius 1 is 1.09 bits per heavy atom. The molecule has 2 heterocycles. The molecule has 2 aromatic carbocycles. The first-order chi connectivity index (χ1) is 15.6. The highest BCUT2D eigenvalue weighted by Crippen LogP contribution is 2.23. The zero-order chi connectivity index (χ0) is 22.3. The zero-order valence-corrected chi connectivity index (χ0v) is 18.6. The van der Waals surface area contributed by atoms with Crippen LogP contribution < -0.4 is 0 Å². The molecule has 1 unspecified atom stereocenters. The fourth-order valence-corrected chi connectivity index (χ4v) is 4.47. The van der Waals surface area contributed by atoms with Gasteiger partial charge >= 0.3 is 0 Å². The van der Waals surface area contributed by atoms with E-state index in [0.717, 1.165) is 36.1 Å². The van der Waals surface area contributed by atoms with Crippen molar-refractivity contribution >= 4 is 5.91 Å². The van der Waals surface area contributed by atoms with Gasteiger partial charge in [-0.3, -0.25) is 14.7 Å². The number of carbonyl (C=O) groups is 1. The van der Waals surface area contributed by atoms with Crippen LogP contribution in [0, 0.1) is 18.7 Å². The van der Waals surface area contributed by atoms with E-state index in [4.69, 9.17) is 0 Å². The second-order valence-corrected chi connectivity index (χ2v) is 8.69. The van der Waals surface area contributed by atoms with Gasteiger partial charge in [0.05, 0.1) is 5.92 Å². The lowest BCUT2D eigenvalue weighted by molar-refractivity contribution is -0.138. The maximum Gasteiger partial charge on any atom is 0.227 e. The van der Waals surface area contributed by atoms with Gasteiger partial charge in [-0.05, 0) is 66.8 Å². The summed E-state index contributed by atoms with van der Waals surface area (Å²) in [5, 5.41) is 0. The zero-order valence-electron chi connectivity index (χ0n) is 18.6. The molecule has 166 valence electrons. The fourth-order valence-electron chi connectivity index (χ4n) is 4.47. The standard InChI is InChI=1S/C27H30FN3O/c1-21-7-2-3-10-24(21)20-31(18-23-9-5-13-29-16-23)27(32)25-11-6-14-30(19-25)17-22-8-4-12-26(28)15-22/h2-5,7-10,12-13,15-16,25H,6,11,14,17-20H2,1H3. The van der Waals surface area contributed by atoms with E-state index in [1.807, 2.05) is 41.4 Å². The summed E-state index contributed by atoms with van der Waals surface area (Å²) in [7, 11) is 0. The van der Waals surface area contributed by atoms with E-state index in [-0.39, 0.29) is 17.6 Å². The average molecular weight is 432 g/mol. The molecule has 0 radical (unpaired) electrons. The first kappa shape index (κ1) is 22.2. The van der Waals surface area contributed by atoms with Crippen molar-refractivity contribution in [2.75, 3.05) is 13.1 Å². The molecule has 1 saturated heterocycles. The summed E-state index contributed by atoms with van der Waals surface area (Å²) in [6, 6.07) is 18.9. The van der Waals surface area contributed by atoms with Gasteiger partial charge < -0.3 is 4.90 Å². The van der Waals surface area contributed by atoms with E-state index in [1.54, 1.807) is 18.3 Å². The van der Waals surface area contributed by atoms with Crippen molar-refractivity contribution in [3.8, 4) is 0 Å². The summed E-state index contributed by atoms with van der Waals surface area (Å²) in [5.74, 6) is -0.0907. The van der Waals surface area contributed by atoms with Crippen LogP contribution in [-0.4, -0.2) is 33.8 Å². The SMILES string of the molecule is Cc1ccccc1CN(Cc1cccnc1)C(=O)C1CCCN(Cc2cccc(F)c2)C1. The van der Waals surface area contributed by atoms with E-state index < -0.39 is 0 Å². The molecule has 32 heavy (non-hydrogen) atoms. The van der Waals surface area contributed by atoms with Crippen molar-refractivity contribution in [3.63, 3.8) is 0 Å². The number of hydrogen-bond acceptors (Lipinski definition) is 3. The first-order valence-corrected chi connectivity index (χ1v) is 11.3. The number of benzene rings is 2. The molecule has 3 aromatic rings. The van der Waals surface area contributed by atoms with Gasteiger partial charge in [-0.15, -0.1) is 0 Å². The van der Waals surface area contributed by atoms with Gasteiger partial charge in [0.15, 0.2) is 0 Å². The number of nitrogens with zero attached hydrogens (tertiary/aromatic N) is 3. The Hall–Kier alpha value is -3.05. The normalized spacial score (nSPS) is 16.6. The number of carbonyl (C=O) groups excluding carboxylic acids is 1. The number of hydrogen-bond donors (Lipinski definition) is 0. The number of aromatic nitrogens is 1. The molecule has 0 bridgehead atoms. The Labute approximate surface area is 189 Å². The highest BCUT2D eigenvalue weighted by atomic mass is 19.1. The molecule has 1 fully saturated rings. The maximum atomic E-state index is 13.7. The molecule has 0 N–H and O–H groups in total. The average Bonchev–Trinajstić information content (AvgIpc) is 2.80. The summed E-state index contributed by atoms with van der Waals surface area (Å²) < 4.78 is 13.6. The summed E-state index contributed by atoms with van der Waals surface area (Å²) in [6.07, 6.45) is 5.43. The Balaban J connectivity index is 1.49. The van der Waals surface area contributed by atoms with E-state index in [2.05, 4.69) is 28.9 Å². The van der Waals surface area contributed by atoms with Crippen LogP contribution >= 0.6 is 0 Å². The van der Waals surface area contributed by atoms with Crippen LogP contribution in [0.15, 0.2) is 73.1 Å². The van der Waals surface area contributed by atoms with Gasteiger partial charge in [0.1, 0.15) is 5.82 Å². The number of amides is 1. The lowest BCUT2D eigenvalue weighted by Crippen LogP contribution is -2.44. The molecule has 0 spiro atoms. The van der Waals surface area contributed by atoms with Crippen molar-refractivity contribution in [2.24, 2.45) is 5.92 Å². The second-order valence-electron chi connectivity index (χ2n) is 8.69. The first-order valence-electron chi connectivity index (χ1n) is 11.3. The summed E-state index contributed by atoms with van der Waals surface area (Å²) >= 11 is 0. The minimum Gasteiger partial charge on any atom is -0.334 e. The Morgan fingerprint density at radius 2 is 1.94 bits per heavy atom. The molecule has 0 saturated carbocycles. The van der Waals surface area contributed by atoms with Gasteiger partial charge in [-0.2, -0.15) is 0 Å². The van der Waals surface area contributed by atoms with E-state index in [1.165, 1.54) is 11.6 Å². The van der Waals surface area contributed by atoms with E-state index in [0.29, 0.717) is 26.2 Å². The van der Waals surface area contributed by atoms with Gasteiger partial charge in [0, 0.05) is 38.6 Å². The lowest BCUT2D eigenvalue weighted by Gasteiger charge is -2.35. The molecule has 5 heteroatoms. The van der Waals surface area contributed by atoms with Crippen molar-refractivity contribution in [2.45, 2.75) is 39.4 Å². The predicted octanol–water partition coefficient (Wildman–Crippen LogP) is 4.97. The second kappa shape index (κ2) is 10.5. The fraction of sp³-hybridized carbons (Fsp3) is 0.333. The minimum absolute atomic E-state index is 0.0574. The lowest BCUT2D eigenvalue weighted by atomic mass is 9.95. The van der Waals surface area contributed by atoms with Crippen molar-refractivity contribution < 1.29 is 9.18 Å². The van der Waals surface area contributed by atoms with Crippen LogP contribution in [0.25, 0.3) is 0 Å². The highest BCUT2D eigenvalue weighted by molar-refractivity contribution is 5.79. The highest BCUT2D eigenvalue weighted by Gasteiger charge is 2.29. The molecule has 1 amide bonds. The third-order valence-electron chi connectivity index (χ3n) is 6.18. The monoisotopic (exact) mass is 431 g/mol. The molecular weight excluding hydrogens is 401 g/mol. The Bertz CT molecular complexity index is 1040. The van der Waals surface area contributed by atoms with Crippen molar-refractivity contribution in [1.29, 1.82) is 0 Å². The van der Waals surface area contributed by atoms with Gasteiger partial charge in [0.25, 0.3) is 0 Å². The topological polar surface area (TPSA) is 36.4 Å². The molecular formula is C27H30FN3O. The molecule has 1 aliphatic heterocycles. The van der Waals surface area contributed by atoms with E-state index >= 15 is 0 Å². The number of halogens is 1.